The fourth-order valence-electron chi connectivity index (χ4n) is 5.33. The monoisotopic (exact) mass is 338 g/mol. The Morgan fingerprint density at radius 1 is 0.920 bits per heavy atom. The maximum atomic E-state index is 2.58. The molecule has 1 atom stereocenters. The molecule has 0 amide bonds. The Morgan fingerprint density at radius 3 is 2.36 bits per heavy atom. The first-order valence-corrected chi connectivity index (χ1v) is 10.9. The third-order valence-electron chi connectivity index (χ3n) is 6.95. The van der Waals surface area contributed by atoms with Gasteiger partial charge in [-0.15, -0.1) is 0 Å². The maximum Gasteiger partial charge on any atom is -0.0198 e. The summed E-state index contributed by atoms with van der Waals surface area (Å²) in [5, 5.41) is 0. The minimum absolute atomic E-state index is 0.964. The summed E-state index contributed by atoms with van der Waals surface area (Å²) in [7, 11) is 0. The molecule has 0 heteroatoms. The van der Waals surface area contributed by atoms with E-state index in [1.54, 1.807) is 5.57 Å². The molecule has 0 saturated heterocycles. The zero-order valence-corrected chi connectivity index (χ0v) is 16.8. The summed E-state index contributed by atoms with van der Waals surface area (Å²) in [6, 6.07) is 6.95. The predicted molar refractivity (Wildman–Crippen MR) is 111 cm³/mol. The first kappa shape index (κ1) is 18.7. The van der Waals surface area contributed by atoms with Crippen molar-refractivity contribution in [1.29, 1.82) is 0 Å². The number of rotatable bonds is 6. The molecule has 0 radical (unpaired) electrons. The molecule has 138 valence electrons. The molecule has 25 heavy (non-hydrogen) atoms. The summed E-state index contributed by atoms with van der Waals surface area (Å²) in [5.41, 5.74) is 5.95. The second kappa shape index (κ2) is 9.06. The minimum atomic E-state index is 0.964. The largest absolute Gasteiger partial charge is 0.0804 e. The molecule has 0 aliphatic heterocycles. The summed E-state index contributed by atoms with van der Waals surface area (Å²) in [6.07, 6.45) is 18.4. The van der Waals surface area contributed by atoms with Gasteiger partial charge in [0.1, 0.15) is 0 Å². The highest BCUT2D eigenvalue weighted by Gasteiger charge is 2.28. The molecule has 1 aromatic rings. The summed E-state index contributed by atoms with van der Waals surface area (Å²) in [6.45, 7) is 6.79. The van der Waals surface area contributed by atoms with Crippen LogP contribution in [0.1, 0.15) is 94.2 Å². The molecule has 1 unspecified atom stereocenters. The molecule has 2 aliphatic rings. The fourth-order valence-corrected chi connectivity index (χ4v) is 5.33. The number of hydrogen-bond donors (Lipinski definition) is 0. The normalized spacial score (nSPS) is 27.2. The lowest BCUT2D eigenvalue weighted by Gasteiger charge is -2.35. The average Bonchev–Trinajstić information content (AvgIpc) is 2.63. The quantitative estimate of drug-likeness (QED) is 0.463. The molecule has 0 aromatic heterocycles. The topological polar surface area (TPSA) is 0 Å². The highest BCUT2D eigenvalue weighted by Crippen LogP contribution is 2.42. The van der Waals surface area contributed by atoms with Crippen molar-refractivity contribution in [3.05, 3.63) is 41.0 Å². The lowest BCUT2D eigenvalue weighted by atomic mass is 9.70. The lowest BCUT2D eigenvalue weighted by Crippen LogP contribution is -2.23. The van der Waals surface area contributed by atoms with Crippen LogP contribution in [0.15, 0.2) is 24.3 Å². The van der Waals surface area contributed by atoms with Crippen LogP contribution in [0.5, 0.6) is 0 Å². The molecule has 0 bridgehead atoms. The van der Waals surface area contributed by atoms with Gasteiger partial charge in [-0.25, -0.2) is 0 Å². The van der Waals surface area contributed by atoms with Gasteiger partial charge < -0.3 is 0 Å². The van der Waals surface area contributed by atoms with Crippen LogP contribution in [0.4, 0.5) is 0 Å². The van der Waals surface area contributed by atoms with Crippen LogP contribution in [-0.4, -0.2) is 0 Å². The summed E-state index contributed by atoms with van der Waals surface area (Å²) in [5.74, 6) is 3.03. The molecule has 2 aliphatic carbocycles. The van der Waals surface area contributed by atoms with Crippen molar-refractivity contribution in [2.75, 3.05) is 0 Å². The number of benzene rings is 1. The summed E-state index contributed by atoms with van der Waals surface area (Å²) in [4.78, 5) is 0. The van der Waals surface area contributed by atoms with Crippen molar-refractivity contribution in [3.8, 4) is 0 Å². The molecule has 3 rings (SSSR count). The smallest absolute Gasteiger partial charge is 0.0198 e. The van der Waals surface area contributed by atoms with Crippen LogP contribution < -0.4 is 0 Å². The van der Waals surface area contributed by atoms with E-state index in [1.807, 2.05) is 0 Å². The minimum Gasteiger partial charge on any atom is -0.0804 e. The molecule has 1 fully saturated rings. The van der Waals surface area contributed by atoms with Gasteiger partial charge in [0.05, 0.1) is 0 Å². The van der Waals surface area contributed by atoms with Crippen LogP contribution in [-0.2, 0) is 0 Å². The fraction of sp³-hybridized carbons (Fsp3) is 0.680. The first-order chi connectivity index (χ1) is 12.2. The third kappa shape index (κ3) is 4.99. The van der Waals surface area contributed by atoms with Gasteiger partial charge >= 0.3 is 0 Å². The Hall–Kier alpha value is -1.04. The molecule has 1 aromatic carbocycles. The van der Waals surface area contributed by atoms with Crippen molar-refractivity contribution in [3.63, 3.8) is 0 Å². The second-order valence-corrected chi connectivity index (χ2v) is 8.86. The van der Waals surface area contributed by atoms with Crippen LogP contribution in [0.25, 0.3) is 5.57 Å². The van der Waals surface area contributed by atoms with Gasteiger partial charge in [-0.1, -0.05) is 75.3 Å². The number of aryl methyl sites for hydroxylation is 2. The Balaban J connectivity index is 1.50. The van der Waals surface area contributed by atoms with Crippen LogP contribution >= 0.6 is 0 Å². The molecular weight excluding hydrogens is 300 g/mol. The third-order valence-corrected chi connectivity index (χ3v) is 6.95. The van der Waals surface area contributed by atoms with E-state index in [9.17, 15) is 0 Å². The molecule has 0 N–H and O–H groups in total. The Labute approximate surface area is 156 Å². The van der Waals surface area contributed by atoms with Gasteiger partial charge in [0.25, 0.3) is 0 Å². The predicted octanol–water partition coefficient (Wildman–Crippen LogP) is 7.87. The SMILES string of the molecule is CCCCC[C@H]1CC[C@H](C2CC=C(c3ccc(C)cc3C)CC2)CC1. The van der Waals surface area contributed by atoms with Crippen molar-refractivity contribution < 1.29 is 0 Å². The molecule has 0 spiro atoms. The van der Waals surface area contributed by atoms with Gasteiger partial charge in [-0.2, -0.15) is 0 Å². The Bertz CT molecular complexity index is 572. The maximum absolute atomic E-state index is 2.58. The van der Waals surface area contributed by atoms with Gasteiger partial charge in [0.2, 0.25) is 0 Å². The van der Waals surface area contributed by atoms with Crippen LogP contribution in [0, 0.1) is 31.6 Å². The number of unbranched alkanes of at least 4 members (excludes halogenated alkanes) is 2. The van der Waals surface area contributed by atoms with Gasteiger partial charge in [0, 0.05) is 0 Å². The highest BCUT2D eigenvalue weighted by molar-refractivity contribution is 5.69. The number of hydrogen-bond acceptors (Lipinski definition) is 0. The highest BCUT2D eigenvalue weighted by atomic mass is 14.3. The van der Waals surface area contributed by atoms with E-state index in [2.05, 4.69) is 45.0 Å². The van der Waals surface area contributed by atoms with Crippen molar-refractivity contribution in [2.45, 2.75) is 91.4 Å². The number of allylic oxidation sites excluding steroid dienone is 2. The summed E-state index contributed by atoms with van der Waals surface area (Å²) >= 11 is 0. The zero-order chi connectivity index (χ0) is 17.6. The average molecular weight is 339 g/mol. The van der Waals surface area contributed by atoms with Crippen LogP contribution in [0.2, 0.25) is 0 Å². The van der Waals surface area contributed by atoms with E-state index >= 15 is 0 Å². The van der Waals surface area contributed by atoms with Gasteiger partial charge in [-0.05, 0) is 80.4 Å². The first-order valence-electron chi connectivity index (χ1n) is 10.9. The van der Waals surface area contributed by atoms with Gasteiger partial charge in [-0.3, -0.25) is 0 Å². The molecule has 0 heterocycles. The second-order valence-electron chi connectivity index (χ2n) is 8.86. The van der Waals surface area contributed by atoms with Crippen molar-refractivity contribution in [1.82, 2.24) is 0 Å². The van der Waals surface area contributed by atoms with E-state index in [4.69, 9.17) is 0 Å². The van der Waals surface area contributed by atoms with Crippen LogP contribution in [0.3, 0.4) is 0 Å². The van der Waals surface area contributed by atoms with E-state index in [0.29, 0.717) is 0 Å². The van der Waals surface area contributed by atoms with E-state index in [-0.39, 0.29) is 0 Å². The molecular formula is C25H38. The van der Waals surface area contributed by atoms with Gasteiger partial charge in [0.15, 0.2) is 0 Å². The Morgan fingerprint density at radius 2 is 1.72 bits per heavy atom. The van der Waals surface area contributed by atoms with E-state index in [1.165, 1.54) is 87.3 Å². The Kier molecular flexibility index (Phi) is 6.79. The van der Waals surface area contributed by atoms with E-state index in [0.717, 1.165) is 17.8 Å². The standard InChI is InChI=1S/C25H38/c1-4-5-6-7-21-9-11-22(12-10-21)23-13-15-24(16-14-23)25-17-8-19(2)18-20(25)3/h8,15,17-18,21-23H,4-7,9-14,16H2,1-3H3/t21-,22-,23?. The molecule has 1 saturated carbocycles. The lowest BCUT2D eigenvalue weighted by molar-refractivity contribution is 0.187. The van der Waals surface area contributed by atoms with Crippen molar-refractivity contribution in [2.24, 2.45) is 17.8 Å². The summed E-state index contributed by atoms with van der Waals surface area (Å²) < 4.78 is 0. The van der Waals surface area contributed by atoms with Crippen molar-refractivity contribution >= 4 is 5.57 Å². The molecule has 0 nitrogen and oxygen atoms in total. The zero-order valence-electron chi connectivity index (χ0n) is 16.8. The van der Waals surface area contributed by atoms with E-state index < -0.39 is 0 Å².